The van der Waals surface area contributed by atoms with E-state index in [1.807, 2.05) is 13.1 Å². The number of hydrogen-bond donors (Lipinski definition) is 1. The van der Waals surface area contributed by atoms with Crippen LogP contribution in [0.4, 0.5) is 5.82 Å². The Labute approximate surface area is 126 Å². The van der Waals surface area contributed by atoms with Gasteiger partial charge in [0.15, 0.2) is 5.82 Å². The van der Waals surface area contributed by atoms with Crippen molar-refractivity contribution in [2.45, 2.75) is 13.0 Å². The molecule has 3 heterocycles. The van der Waals surface area contributed by atoms with Crippen LogP contribution in [0.3, 0.4) is 0 Å². The first-order valence-electron chi connectivity index (χ1n) is 7.69. The van der Waals surface area contributed by atoms with E-state index in [0.29, 0.717) is 0 Å². The second-order valence-electron chi connectivity index (χ2n) is 6.14. The number of likely N-dealkylation sites (tertiary alicyclic amines) is 1. The highest BCUT2D eigenvalue weighted by atomic mass is 15.2. The maximum Gasteiger partial charge on any atom is 0.152 e. The zero-order valence-corrected chi connectivity index (χ0v) is 13.2. The summed E-state index contributed by atoms with van der Waals surface area (Å²) in [5, 5.41) is 3.26. The molecule has 0 spiro atoms. The number of nitrogens with zero attached hydrogens (tertiary/aromatic N) is 4. The Balaban J connectivity index is 1.86. The van der Waals surface area contributed by atoms with E-state index in [-0.39, 0.29) is 0 Å². The molecule has 0 aromatic carbocycles. The van der Waals surface area contributed by atoms with Crippen LogP contribution in [0, 0.1) is 5.92 Å². The molecule has 1 unspecified atom stereocenters. The molecule has 1 aliphatic heterocycles. The third-order valence-corrected chi connectivity index (χ3v) is 4.33. The lowest BCUT2D eigenvalue weighted by Crippen LogP contribution is -2.28. The maximum absolute atomic E-state index is 4.83. The minimum Gasteiger partial charge on any atom is -0.358 e. The molecule has 2 aromatic rings. The van der Waals surface area contributed by atoms with E-state index in [9.17, 15) is 0 Å². The summed E-state index contributed by atoms with van der Waals surface area (Å²) in [6.07, 6.45) is 3.38. The molecule has 1 saturated heterocycles. The number of imidazole rings is 1. The van der Waals surface area contributed by atoms with Gasteiger partial charge in [0, 0.05) is 32.9 Å². The molecular weight excluding hydrogens is 262 g/mol. The highest BCUT2D eigenvalue weighted by Crippen LogP contribution is 2.23. The first-order valence-corrected chi connectivity index (χ1v) is 7.69. The van der Waals surface area contributed by atoms with Crippen molar-refractivity contribution < 1.29 is 0 Å². The van der Waals surface area contributed by atoms with E-state index in [0.717, 1.165) is 30.5 Å². The van der Waals surface area contributed by atoms with Crippen LogP contribution in [0.5, 0.6) is 0 Å². The van der Waals surface area contributed by atoms with E-state index < -0.39 is 0 Å². The zero-order chi connectivity index (χ0) is 14.8. The Morgan fingerprint density at radius 1 is 1.43 bits per heavy atom. The summed E-state index contributed by atoms with van der Waals surface area (Å²) in [4.78, 5) is 9.56. The van der Waals surface area contributed by atoms with Crippen LogP contribution in [-0.2, 0) is 6.54 Å². The average Bonchev–Trinajstić information content (AvgIpc) is 3.04. The van der Waals surface area contributed by atoms with Crippen LogP contribution >= 0.6 is 0 Å². The second-order valence-corrected chi connectivity index (χ2v) is 6.14. The molecular formula is C16H25N5. The summed E-state index contributed by atoms with van der Waals surface area (Å²) in [6.45, 7) is 4.31. The Hall–Kier alpha value is -1.59. The Kier molecular flexibility index (Phi) is 4.12. The quantitative estimate of drug-likeness (QED) is 0.903. The number of aromatic nitrogens is 2. The molecule has 1 atom stereocenters. The van der Waals surface area contributed by atoms with Gasteiger partial charge in [-0.05, 0) is 45.1 Å². The van der Waals surface area contributed by atoms with Gasteiger partial charge in [0.2, 0.25) is 0 Å². The summed E-state index contributed by atoms with van der Waals surface area (Å²) >= 11 is 0. The van der Waals surface area contributed by atoms with Crippen LogP contribution in [0.1, 0.15) is 12.1 Å². The molecule has 0 amide bonds. The van der Waals surface area contributed by atoms with Crippen molar-refractivity contribution in [3.05, 3.63) is 30.1 Å². The normalized spacial score (nSPS) is 19.5. The van der Waals surface area contributed by atoms with Gasteiger partial charge in [0.05, 0.1) is 5.69 Å². The topological polar surface area (TPSA) is 35.8 Å². The molecule has 1 aliphatic rings. The molecule has 3 rings (SSSR count). The predicted molar refractivity (Wildman–Crippen MR) is 86.8 cm³/mol. The van der Waals surface area contributed by atoms with Gasteiger partial charge in [-0.1, -0.05) is 6.07 Å². The fourth-order valence-electron chi connectivity index (χ4n) is 3.32. The van der Waals surface area contributed by atoms with Gasteiger partial charge in [0.25, 0.3) is 0 Å². The Morgan fingerprint density at radius 2 is 2.29 bits per heavy atom. The summed E-state index contributed by atoms with van der Waals surface area (Å²) in [7, 11) is 6.36. The number of nitrogens with one attached hydrogen (secondary N) is 1. The number of pyridine rings is 1. The van der Waals surface area contributed by atoms with E-state index in [1.165, 1.54) is 25.2 Å². The van der Waals surface area contributed by atoms with Gasteiger partial charge in [-0.2, -0.15) is 0 Å². The highest BCUT2D eigenvalue weighted by Gasteiger charge is 2.23. The fraction of sp³-hybridized carbons (Fsp3) is 0.562. The average molecular weight is 287 g/mol. The second kappa shape index (κ2) is 6.03. The molecule has 0 bridgehead atoms. The molecule has 114 valence electrons. The molecule has 2 aromatic heterocycles. The molecule has 0 radical (unpaired) electrons. The van der Waals surface area contributed by atoms with Crippen molar-refractivity contribution in [3.63, 3.8) is 0 Å². The highest BCUT2D eigenvalue weighted by molar-refractivity contribution is 5.55. The molecule has 0 saturated carbocycles. The molecule has 5 nitrogen and oxygen atoms in total. The van der Waals surface area contributed by atoms with E-state index in [4.69, 9.17) is 4.98 Å². The number of anilines is 1. The third kappa shape index (κ3) is 2.89. The summed E-state index contributed by atoms with van der Waals surface area (Å²) in [6, 6.07) is 6.17. The van der Waals surface area contributed by atoms with E-state index in [1.54, 1.807) is 0 Å². The van der Waals surface area contributed by atoms with Gasteiger partial charge in [-0.3, -0.25) is 0 Å². The third-order valence-electron chi connectivity index (χ3n) is 4.33. The number of rotatable bonds is 5. The predicted octanol–water partition coefficient (Wildman–Crippen LogP) is 1.44. The Morgan fingerprint density at radius 3 is 3.00 bits per heavy atom. The van der Waals surface area contributed by atoms with Crippen LogP contribution < -0.4 is 10.2 Å². The van der Waals surface area contributed by atoms with Crippen molar-refractivity contribution >= 4 is 11.5 Å². The van der Waals surface area contributed by atoms with Gasteiger partial charge in [0.1, 0.15) is 5.65 Å². The lowest BCUT2D eigenvalue weighted by molar-refractivity contribution is 0.395. The van der Waals surface area contributed by atoms with E-state index in [2.05, 4.69) is 51.9 Å². The minimum atomic E-state index is 0.743. The fourth-order valence-corrected chi connectivity index (χ4v) is 3.32. The van der Waals surface area contributed by atoms with E-state index >= 15 is 0 Å². The van der Waals surface area contributed by atoms with Gasteiger partial charge >= 0.3 is 0 Å². The van der Waals surface area contributed by atoms with Crippen LogP contribution in [0.25, 0.3) is 5.65 Å². The molecule has 5 heteroatoms. The van der Waals surface area contributed by atoms with Crippen LogP contribution in [-0.4, -0.2) is 55.1 Å². The number of fused-ring (bicyclic) bond motifs is 1. The lowest BCUT2D eigenvalue weighted by Gasteiger charge is -2.22. The van der Waals surface area contributed by atoms with Crippen molar-refractivity contribution in [1.29, 1.82) is 0 Å². The van der Waals surface area contributed by atoms with Gasteiger partial charge in [-0.15, -0.1) is 0 Å². The minimum absolute atomic E-state index is 0.743. The largest absolute Gasteiger partial charge is 0.358 e. The van der Waals surface area contributed by atoms with Crippen molar-refractivity contribution in [3.8, 4) is 0 Å². The molecule has 21 heavy (non-hydrogen) atoms. The molecule has 1 fully saturated rings. The first kappa shape index (κ1) is 14.4. The zero-order valence-electron chi connectivity index (χ0n) is 13.2. The smallest absolute Gasteiger partial charge is 0.152 e. The van der Waals surface area contributed by atoms with Gasteiger partial charge in [-0.25, -0.2) is 4.98 Å². The van der Waals surface area contributed by atoms with Crippen molar-refractivity contribution in [1.82, 2.24) is 19.6 Å². The Bertz CT molecular complexity index is 606. The van der Waals surface area contributed by atoms with Crippen molar-refractivity contribution in [2.75, 3.05) is 45.7 Å². The molecule has 1 N–H and O–H groups in total. The summed E-state index contributed by atoms with van der Waals surface area (Å²) < 4.78 is 2.18. The summed E-state index contributed by atoms with van der Waals surface area (Å²) in [5.74, 6) is 1.84. The van der Waals surface area contributed by atoms with Crippen LogP contribution in [0.2, 0.25) is 0 Å². The summed E-state index contributed by atoms with van der Waals surface area (Å²) in [5.41, 5.74) is 2.26. The maximum atomic E-state index is 4.83. The molecule has 0 aliphatic carbocycles. The van der Waals surface area contributed by atoms with Gasteiger partial charge < -0.3 is 19.5 Å². The number of hydrogen-bond acceptors (Lipinski definition) is 4. The van der Waals surface area contributed by atoms with Crippen molar-refractivity contribution in [2.24, 2.45) is 5.92 Å². The first-order chi connectivity index (χ1) is 10.2. The van der Waals surface area contributed by atoms with Crippen LogP contribution in [0.15, 0.2) is 24.4 Å². The monoisotopic (exact) mass is 287 g/mol. The SMILES string of the molecule is CNCc1c(N(C)CC2CCN(C)C2)nc2ccccn12. The standard InChI is InChI=1S/C16H25N5/c1-17-10-14-16(18-15-6-4-5-8-21(14)15)20(3)12-13-7-9-19(2)11-13/h4-6,8,13,17H,7,9-12H2,1-3H3. The lowest BCUT2D eigenvalue weighted by atomic mass is 10.1.